The van der Waals surface area contributed by atoms with E-state index in [0.717, 1.165) is 24.5 Å². The van der Waals surface area contributed by atoms with Crippen LogP contribution in [0.5, 0.6) is 5.75 Å². The minimum absolute atomic E-state index is 0.0371. The fourth-order valence-corrected chi connectivity index (χ4v) is 3.29. The summed E-state index contributed by atoms with van der Waals surface area (Å²) in [6, 6.07) is 8.05. The second-order valence-electron chi connectivity index (χ2n) is 6.44. The first kappa shape index (κ1) is 16.1. The van der Waals surface area contributed by atoms with Crippen molar-refractivity contribution in [3.8, 4) is 5.75 Å². The largest absolute Gasteiger partial charge is 0.482 e. The van der Waals surface area contributed by atoms with Crippen LogP contribution in [0.3, 0.4) is 0 Å². The normalized spacial score (nSPS) is 22.0. The van der Waals surface area contributed by atoms with Crippen molar-refractivity contribution in [3.63, 3.8) is 0 Å². The lowest BCUT2D eigenvalue weighted by Gasteiger charge is -2.34. The molecule has 0 radical (unpaired) electrons. The molecule has 0 saturated carbocycles. The van der Waals surface area contributed by atoms with E-state index in [4.69, 9.17) is 9.47 Å². The third-order valence-electron chi connectivity index (χ3n) is 4.58. The SMILES string of the molecule is CC1CCCN(c2ccccc2OCC(=O)N2CCOCC2)C1. The van der Waals surface area contributed by atoms with Crippen molar-refractivity contribution in [3.05, 3.63) is 24.3 Å². The van der Waals surface area contributed by atoms with Gasteiger partial charge in [0.25, 0.3) is 5.91 Å². The average Bonchev–Trinajstić information content (AvgIpc) is 2.60. The predicted molar refractivity (Wildman–Crippen MR) is 89.9 cm³/mol. The average molecular weight is 318 g/mol. The van der Waals surface area contributed by atoms with Crippen LogP contribution in [-0.2, 0) is 9.53 Å². The van der Waals surface area contributed by atoms with Crippen LogP contribution in [0, 0.1) is 5.92 Å². The van der Waals surface area contributed by atoms with Crippen LogP contribution in [0.2, 0.25) is 0 Å². The van der Waals surface area contributed by atoms with Crippen molar-refractivity contribution in [2.24, 2.45) is 5.92 Å². The summed E-state index contributed by atoms with van der Waals surface area (Å²) in [5.41, 5.74) is 1.11. The van der Waals surface area contributed by atoms with Gasteiger partial charge in [0.1, 0.15) is 5.75 Å². The fraction of sp³-hybridized carbons (Fsp3) is 0.611. The van der Waals surface area contributed by atoms with Gasteiger partial charge >= 0.3 is 0 Å². The van der Waals surface area contributed by atoms with Crippen molar-refractivity contribution in [2.75, 3.05) is 50.9 Å². The molecule has 0 aliphatic carbocycles. The van der Waals surface area contributed by atoms with Gasteiger partial charge in [-0.3, -0.25) is 4.79 Å². The van der Waals surface area contributed by atoms with E-state index in [1.54, 1.807) is 0 Å². The molecule has 1 atom stereocenters. The van der Waals surface area contributed by atoms with Crippen LogP contribution in [0.4, 0.5) is 5.69 Å². The molecule has 0 spiro atoms. The molecule has 2 heterocycles. The Balaban J connectivity index is 1.62. The molecular formula is C18H26N2O3. The molecule has 2 saturated heterocycles. The lowest BCUT2D eigenvalue weighted by molar-refractivity contribution is -0.137. The zero-order valence-corrected chi connectivity index (χ0v) is 13.9. The summed E-state index contributed by atoms with van der Waals surface area (Å²) in [6.45, 7) is 7.06. The molecule has 2 fully saturated rings. The van der Waals surface area contributed by atoms with E-state index in [2.05, 4.69) is 17.9 Å². The third-order valence-corrected chi connectivity index (χ3v) is 4.58. The maximum atomic E-state index is 12.2. The Hall–Kier alpha value is -1.75. The van der Waals surface area contributed by atoms with Gasteiger partial charge in [0.15, 0.2) is 6.61 Å². The smallest absolute Gasteiger partial charge is 0.260 e. The summed E-state index contributed by atoms with van der Waals surface area (Å²) >= 11 is 0. The van der Waals surface area contributed by atoms with Crippen molar-refractivity contribution in [1.29, 1.82) is 0 Å². The van der Waals surface area contributed by atoms with Crippen LogP contribution in [0.15, 0.2) is 24.3 Å². The second kappa shape index (κ2) is 7.68. The minimum Gasteiger partial charge on any atom is -0.482 e. The number of morpholine rings is 1. The van der Waals surface area contributed by atoms with E-state index >= 15 is 0 Å². The Morgan fingerprint density at radius 1 is 1.26 bits per heavy atom. The van der Waals surface area contributed by atoms with Crippen molar-refractivity contribution < 1.29 is 14.3 Å². The van der Waals surface area contributed by atoms with Gasteiger partial charge in [-0.25, -0.2) is 0 Å². The number of carbonyl (C=O) groups is 1. The zero-order chi connectivity index (χ0) is 16.1. The predicted octanol–water partition coefficient (Wildman–Crippen LogP) is 2.16. The first-order chi connectivity index (χ1) is 11.2. The molecule has 1 aromatic carbocycles. The van der Waals surface area contributed by atoms with E-state index in [9.17, 15) is 4.79 Å². The van der Waals surface area contributed by atoms with Crippen molar-refractivity contribution in [1.82, 2.24) is 4.90 Å². The number of para-hydroxylation sites is 2. The van der Waals surface area contributed by atoms with Crippen molar-refractivity contribution >= 4 is 11.6 Å². The number of piperidine rings is 1. The summed E-state index contributed by atoms with van der Waals surface area (Å²) < 4.78 is 11.1. The van der Waals surface area contributed by atoms with Gasteiger partial charge in [-0.05, 0) is 30.9 Å². The number of hydrogen-bond acceptors (Lipinski definition) is 4. The number of hydrogen-bond donors (Lipinski definition) is 0. The molecule has 23 heavy (non-hydrogen) atoms. The van der Waals surface area contributed by atoms with Crippen LogP contribution < -0.4 is 9.64 Å². The Labute approximate surface area is 138 Å². The minimum atomic E-state index is 0.0371. The molecule has 0 aromatic heterocycles. The zero-order valence-electron chi connectivity index (χ0n) is 13.9. The van der Waals surface area contributed by atoms with Gasteiger partial charge in [0, 0.05) is 26.2 Å². The second-order valence-corrected chi connectivity index (χ2v) is 6.44. The van der Waals surface area contributed by atoms with Gasteiger partial charge in [0.2, 0.25) is 0 Å². The monoisotopic (exact) mass is 318 g/mol. The molecule has 1 amide bonds. The highest BCUT2D eigenvalue weighted by atomic mass is 16.5. The van der Waals surface area contributed by atoms with Gasteiger partial charge in [-0.2, -0.15) is 0 Å². The van der Waals surface area contributed by atoms with Crippen LogP contribution >= 0.6 is 0 Å². The maximum Gasteiger partial charge on any atom is 0.260 e. The molecule has 1 unspecified atom stereocenters. The van der Waals surface area contributed by atoms with Gasteiger partial charge < -0.3 is 19.3 Å². The number of benzene rings is 1. The number of carbonyl (C=O) groups excluding carboxylic acids is 1. The van der Waals surface area contributed by atoms with E-state index in [-0.39, 0.29) is 12.5 Å². The lowest BCUT2D eigenvalue weighted by atomic mass is 9.99. The molecule has 3 rings (SSSR count). The summed E-state index contributed by atoms with van der Waals surface area (Å²) in [6.07, 6.45) is 2.50. The third kappa shape index (κ3) is 4.16. The topological polar surface area (TPSA) is 42.0 Å². The quantitative estimate of drug-likeness (QED) is 0.853. The standard InChI is InChI=1S/C18H26N2O3/c1-15-5-4-8-20(13-15)16-6-2-3-7-17(16)23-14-18(21)19-9-11-22-12-10-19/h2-3,6-7,15H,4-5,8-14H2,1H3. The van der Waals surface area contributed by atoms with E-state index in [1.807, 2.05) is 23.1 Å². The number of amides is 1. The molecule has 1 aromatic rings. The molecular weight excluding hydrogens is 292 g/mol. The molecule has 2 aliphatic heterocycles. The highest BCUT2D eigenvalue weighted by Gasteiger charge is 2.21. The highest BCUT2D eigenvalue weighted by Crippen LogP contribution is 2.31. The molecule has 5 nitrogen and oxygen atoms in total. The molecule has 0 bridgehead atoms. The highest BCUT2D eigenvalue weighted by molar-refractivity contribution is 5.78. The van der Waals surface area contributed by atoms with E-state index < -0.39 is 0 Å². The summed E-state index contributed by atoms with van der Waals surface area (Å²) in [5.74, 6) is 1.55. The Kier molecular flexibility index (Phi) is 5.39. The molecule has 2 aliphatic rings. The number of rotatable bonds is 4. The van der Waals surface area contributed by atoms with Crippen LogP contribution in [0.1, 0.15) is 19.8 Å². The van der Waals surface area contributed by atoms with Gasteiger partial charge in [-0.1, -0.05) is 19.1 Å². The van der Waals surface area contributed by atoms with Gasteiger partial charge in [0.05, 0.1) is 18.9 Å². The number of anilines is 1. The lowest BCUT2D eigenvalue weighted by Crippen LogP contribution is -2.43. The number of nitrogens with zero attached hydrogens (tertiary/aromatic N) is 2. The van der Waals surface area contributed by atoms with Crippen molar-refractivity contribution in [2.45, 2.75) is 19.8 Å². The molecule has 0 N–H and O–H groups in total. The first-order valence-electron chi connectivity index (χ1n) is 8.56. The van der Waals surface area contributed by atoms with Gasteiger partial charge in [-0.15, -0.1) is 0 Å². The fourth-order valence-electron chi connectivity index (χ4n) is 3.29. The summed E-state index contributed by atoms with van der Waals surface area (Å²) in [4.78, 5) is 16.4. The first-order valence-corrected chi connectivity index (χ1v) is 8.56. The van der Waals surface area contributed by atoms with E-state index in [1.165, 1.54) is 12.8 Å². The summed E-state index contributed by atoms with van der Waals surface area (Å²) in [5, 5.41) is 0. The summed E-state index contributed by atoms with van der Waals surface area (Å²) in [7, 11) is 0. The molecule has 5 heteroatoms. The van der Waals surface area contributed by atoms with Crippen LogP contribution in [-0.4, -0.2) is 56.8 Å². The Bertz CT molecular complexity index is 529. The van der Waals surface area contributed by atoms with Crippen LogP contribution in [0.25, 0.3) is 0 Å². The molecule has 126 valence electrons. The Morgan fingerprint density at radius 3 is 2.83 bits per heavy atom. The number of ether oxygens (including phenoxy) is 2. The Morgan fingerprint density at radius 2 is 2.04 bits per heavy atom. The maximum absolute atomic E-state index is 12.2. The van der Waals surface area contributed by atoms with E-state index in [0.29, 0.717) is 32.2 Å².